The highest BCUT2D eigenvalue weighted by Crippen LogP contribution is 2.26. The second kappa shape index (κ2) is 12.1. The highest BCUT2D eigenvalue weighted by atomic mass is 32.2. The minimum absolute atomic E-state index is 0.0486. The summed E-state index contributed by atoms with van der Waals surface area (Å²) in [5.74, 6) is -0.986. The van der Waals surface area contributed by atoms with Crippen LogP contribution < -0.4 is 9.62 Å². The number of likely N-dealkylation sites (N-methyl/N-ethyl adjacent to an activating group) is 1. The fraction of sp³-hybridized carbons (Fsp3) is 0.231. The maximum Gasteiger partial charge on any atom is 0.269 e. The van der Waals surface area contributed by atoms with E-state index in [4.69, 9.17) is 0 Å². The van der Waals surface area contributed by atoms with E-state index in [1.165, 1.54) is 41.3 Å². The quantitative estimate of drug-likeness (QED) is 0.302. The first-order valence-electron chi connectivity index (χ1n) is 11.6. The molecule has 1 atom stereocenters. The average molecular weight is 525 g/mol. The van der Waals surface area contributed by atoms with Gasteiger partial charge in [0.05, 0.1) is 15.5 Å². The number of carbonyl (C=O) groups is 2. The van der Waals surface area contributed by atoms with E-state index in [1.54, 1.807) is 56.3 Å². The monoisotopic (exact) mass is 524 g/mol. The van der Waals surface area contributed by atoms with Crippen molar-refractivity contribution >= 4 is 33.2 Å². The number of nitrogens with zero attached hydrogens (tertiary/aromatic N) is 3. The maximum atomic E-state index is 13.7. The van der Waals surface area contributed by atoms with E-state index in [0.29, 0.717) is 6.54 Å². The number of nitrogens with one attached hydrogen (secondary N) is 1. The molecular formula is C26H28N4O6S. The molecule has 3 aromatic rings. The van der Waals surface area contributed by atoms with Crippen molar-refractivity contribution in [2.24, 2.45) is 0 Å². The third-order valence-electron chi connectivity index (χ3n) is 5.67. The van der Waals surface area contributed by atoms with E-state index in [9.17, 15) is 28.1 Å². The Bertz CT molecular complexity index is 1330. The van der Waals surface area contributed by atoms with Crippen molar-refractivity contribution in [3.63, 3.8) is 0 Å². The predicted octanol–water partition coefficient (Wildman–Crippen LogP) is 3.34. The molecule has 0 aromatic heterocycles. The zero-order valence-electron chi connectivity index (χ0n) is 20.5. The van der Waals surface area contributed by atoms with Gasteiger partial charge in [-0.1, -0.05) is 48.5 Å². The third-order valence-corrected chi connectivity index (χ3v) is 7.46. The van der Waals surface area contributed by atoms with Gasteiger partial charge in [0.25, 0.3) is 15.7 Å². The van der Waals surface area contributed by atoms with E-state index >= 15 is 0 Å². The van der Waals surface area contributed by atoms with Crippen LogP contribution in [0.15, 0.2) is 89.8 Å². The van der Waals surface area contributed by atoms with Crippen LogP contribution in [0, 0.1) is 10.1 Å². The van der Waals surface area contributed by atoms with Crippen LogP contribution in [0.1, 0.15) is 19.4 Å². The average Bonchev–Trinajstić information content (AvgIpc) is 2.91. The molecule has 0 aliphatic rings. The van der Waals surface area contributed by atoms with Gasteiger partial charge in [-0.25, -0.2) is 8.42 Å². The summed E-state index contributed by atoms with van der Waals surface area (Å²) in [6.45, 7) is 3.17. The normalized spacial score (nSPS) is 11.8. The summed E-state index contributed by atoms with van der Waals surface area (Å²) < 4.78 is 28.1. The van der Waals surface area contributed by atoms with E-state index < -0.39 is 33.4 Å². The van der Waals surface area contributed by atoms with Crippen LogP contribution in [0.5, 0.6) is 0 Å². The standard InChI is InChI=1S/C26H28N4O6S/c1-3-27-26(32)20(2)28(18-21-10-6-4-7-11-21)25(31)19-29(22-14-16-23(17-15-22)30(33)34)37(35,36)24-12-8-5-9-13-24/h4-17,20H,3,18-19H2,1-2H3,(H,27,32)/t20-/m1/s1. The Balaban J connectivity index is 2.02. The zero-order chi connectivity index (χ0) is 27.0. The summed E-state index contributed by atoms with van der Waals surface area (Å²) in [6, 6.07) is 20.6. The molecule has 3 rings (SSSR count). The summed E-state index contributed by atoms with van der Waals surface area (Å²) in [5.41, 5.74) is 0.621. The van der Waals surface area contributed by atoms with Gasteiger partial charge >= 0.3 is 0 Å². The lowest BCUT2D eigenvalue weighted by Gasteiger charge is -2.32. The van der Waals surface area contributed by atoms with Crippen molar-refractivity contribution in [3.8, 4) is 0 Å². The van der Waals surface area contributed by atoms with Crippen molar-refractivity contribution in [1.29, 1.82) is 0 Å². The maximum absolute atomic E-state index is 13.7. The minimum Gasteiger partial charge on any atom is -0.355 e. The number of rotatable bonds is 11. The number of non-ortho nitro benzene ring substituents is 1. The molecule has 0 saturated carbocycles. The molecule has 0 saturated heterocycles. The molecule has 194 valence electrons. The molecular weight excluding hydrogens is 496 g/mol. The van der Waals surface area contributed by atoms with Crippen molar-refractivity contribution in [3.05, 3.63) is 101 Å². The Morgan fingerprint density at radius 1 is 0.946 bits per heavy atom. The van der Waals surface area contributed by atoms with Crippen LogP contribution in [-0.2, 0) is 26.2 Å². The fourth-order valence-corrected chi connectivity index (χ4v) is 5.11. The van der Waals surface area contributed by atoms with Gasteiger partial charge in [-0.15, -0.1) is 0 Å². The molecule has 0 heterocycles. The summed E-state index contributed by atoms with van der Waals surface area (Å²) in [5, 5.41) is 13.8. The topological polar surface area (TPSA) is 130 Å². The van der Waals surface area contributed by atoms with Gasteiger partial charge in [-0.2, -0.15) is 0 Å². The van der Waals surface area contributed by atoms with Crippen LogP contribution in [0.4, 0.5) is 11.4 Å². The minimum atomic E-state index is -4.23. The molecule has 0 aliphatic heterocycles. The van der Waals surface area contributed by atoms with Crippen molar-refractivity contribution in [2.75, 3.05) is 17.4 Å². The lowest BCUT2D eigenvalue weighted by molar-refractivity contribution is -0.384. The molecule has 10 nitrogen and oxygen atoms in total. The van der Waals surface area contributed by atoms with Crippen molar-refractivity contribution < 1.29 is 22.9 Å². The molecule has 0 spiro atoms. The highest BCUT2D eigenvalue weighted by molar-refractivity contribution is 7.92. The van der Waals surface area contributed by atoms with E-state index in [0.717, 1.165) is 9.87 Å². The number of carbonyl (C=O) groups excluding carboxylic acids is 2. The van der Waals surface area contributed by atoms with Gasteiger partial charge in [-0.3, -0.25) is 24.0 Å². The lowest BCUT2D eigenvalue weighted by Crippen LogP contribution is -2.51. The second-order valence-corrected chi connectivity index (χ2v) is 10.0. The summed E-state index contributed by atoms with van der Waals surface area (Å²) in [7, 11) is -4.23. The Morgan fingerprint density at radius 3 is 2.05 bits per heavy atom. The molecule has 0 radical (unpaired) electrons. The van der Waals surface area contributed by atoms with Crippen molar-refractivity contribution in [2.45, 2.75) is 31.3 Å². The number of hydrogen-bond donors (Lipinski definition) is 1. The van der Waals surface area contributed by atoms with Gasteiger partial charge in [-0.05, 0) is 43.7 Å². The fourth-order valence-electron chi connectivity index (χ4n) is 3.67. The number of sulfonamides is 1. The van der Waals surface area contributed by atoms with Gasteiger partial charge in [0.1, 0.15) is 12.6 Å². The summed E-state index contributed by atoms with van der Waals surface area (Å²) in [4.78, 5) is 38.1. The van der Waals surface area contributed by atoms with Gasteiger partial charge in [0.2, 0.25) is 11.8 Å². The largest absolute Gasteiger partial charge is 0.355 e. The number of anilines is 1. The molecule has 3 aromatic carbocycles. The Labute approximate surface area is 215 Å². The number of hydrogen-bond acceptors (Lipinski definition) is 6. The molecule has 0 fully saturated rings. The first-order valence-corrected chi connectivity index (χ1v) is 13.0. The summed E-state index contributed by atoms with van der Waals surface area (Å²) >= 11 is 0. The molecule has 11 heteroatoms. The molecule has 1 N–H and O–H groups in total. The Hall–Kier alpha value is -4.25. The number of amides is 2. The van der Waals surface area contributed by atoms with Gasteiger partial charge in [0.15, 0.2) is 0 Å². The Kier molecular flexibility index (Phi) is 8.96. The van der Waals surface area contributed by atoms with Crippen LogP contribution >= 0.6 is 0 Å². The molecule has 37 heavy (non-hydrogen) atoms. The third kappa shape index (κ3) is 6.70. The van der Waals surface area contributed by atoms with Crippen molar-refractivity contribution in [1.82, 2.24) is 10.2 Å². The lowest BCUT2D eigenvalue weighted by atomic mass is 10.1. The van der Waals surface area contributed by atoms with E-state index in [-0.39, 0.29) is 28.7 Å². The molecule has 0 unspecified atom stereocenters. The van der Waals surface area contributed by atoms with Crippen LogP contribution in [0.2, 0.25) is 0 Å². The van der Waals surface area contributed by atoms with Crippen LogP contribution in [0.3, 0.4) is 0 Å². The number of nitro benzene ring substituents is 1. The predicted molar refractivity (Wildman–Crippen MR) is 139 cm³/mol. The van der Waals surface area contributed by atoms with E-state index in [2.05, 4.69) is 5.32 Å². The Morgan fingerprint density at radius 2 is 1.51 bits per heavy atom. The SMILES string of the molecule is CCNC(=O)[C@@H](C)N(Cc1ccccc1)C(=O)CN(c1ccc([N+](=O)[O-])cc1)S(=O)(=O)c1ccccc1. The van der Waals surface area contributed by atoms with Gasteiger partial charge < -0.3 is 10.2 Å². The van der Waals surface area contributed by atoms with Crippen LogP contribution in [0.25, 0.3) is 0 Å². The first kappa shape index (κ1) is 27.3. The van der Waals surface area contributed by atoms with Gasteiger partial charge in [0, 0.05) is 25.2 Å². The first-order chi connectivity index (χ1) is 17.6. The number of benzene rings is 3. The van der Waals surface area contributed by atoms with Crippen LogP contribution in [-0.4, -0.2) is 49.2 Å². The smallest absolute Gasteiger partial charge is 0.269 e. The number of nitro groups is 1. The van der Waals surface area contributed by atoms with E-state index in [1.807, 2.05) is 6.07 Å². The molecule has 2 amide bonds. The zero-order valence-corrected chi connectivity index (χ0v) is 21.3. The highest BCUT2D eigenvalue weighted by Gasteiger charge is 2.32. The molecule has 0 bridgehead atoms. The second-order valence-electron chi connectivity index (χ2n) is 8.18. The summed E-state index contributed by atoms with van der Waals surface area (Å²) in [6.07, 6.45) is 0. The molecule has 0 aliphatic carbocycles.